The summed E-state index contributed by atoms with van der Waals surface area (Å²) in [5.41, 5.74) is 2.94. The SMILES string of the molecule is CC(C)(C)c1cc2c3c(cc4c(C(C)(C)C)cc5c6c(cc1c5c42)sc1ccccc16)sc1ccccc13. The van der Waals surface area contributed by atoms with Crippen LogP contribution in [0.2, 0.25) is 0 Å². The Morgan fingerprint density at radius 2 is 0.789 bits per heavy atom. The van der Waals surface area contributed by atoms with Gasteiger partial charge in [-0.1, -0.05) is 77.9 Å². The standard InChI is InChI=1S/C36H30S2/c1-35(2,3)25-15-23-31-19-11-7-9-13-27(19)38-30(31)18-22-26(36(4,5)6)16-24-32-20-12-8-10-14-28(20)37-29(32)17-21(25)33(24)34(22)23/h7-18H,1-6H3. The van der Waals surface area contributed by atoms with Crippen LogP contribution >= 0.6 is 22.7 Å². The molecule has 2 heterocycles. The summed E-state index contributed by atoms with van der Waals surface area (Å²) in [6.45, 7) is 14.2. The van der Waals surface area contributed by atoms with Gasteiger partial charge in [-0.25, -0.2) is 0 Å². The van der Waals surface area contributed by atoms with Crippen molar-refractivity contribution in [2.75, 3.05) is 0 Å². The second kappa shape index (κ2) is 7.25. The number of hydrogen-bond acceptors (Lipinski definition) is 2. The zero-order valence-electron chi connectivity index (χ0n) is 22.7. The minimum atomic E-state index is 0.0258. The van der Waals surface area contributed by atoms with Crippen molar-refractivity contribution in [1.29, 1.82) is 0 Å². The lowest BCUT2D eigenvalue weighted by Gasteiger charge is -2.28. The fourth-order valence-electron chi connectivity index (χ4n) is 6.77. The Labute approximate surface area is 230 Å². The van der Waals surface area contributed by atoms with Crippen LogP contribution in [0, 0.1) is 0 Å². The van der Waals surface area contributed by atoms with Crippen LogP contribution in [0.4, 0.5) is 0 Å². The van der Waals surface area contributed by atoms with Crippen LogP contribution in [0.5, 0.6) is 0 Å². The number of hydrogen-bond donors (Lipinski definition) is 0. The van der Waals surface area contributed by atoms with Crippen LogP contribution in [0.25, 0.3) is 72.7 Å². The van der Waals surface area contributed by atoms with Crippen LogP contribution in [0.15, 0.2) is 72.8 Å². The number of rotatable bonds is 0. The third kappa shape index (κ3) is 2.91. The largest absolute Gasteiger partial charge is 0.135 e. The highest BCUT2D eigenvalue weighted by Crippen LogP contribution is 2.52. The van der Waals surface area contributed by atoms with Gasteiger partial charge in [0.15, 0.2) is 0 Å². The van der Waals surface area contributed by atoms with E-state index in [4.69, 9.17) is 0 Å². The molecule has 8 rings (SSSR count). The molecule has 0 spiro atoms. The van der Waals surface area contributed by atoms with E-state index in [0.29, 0.717) is 0 Å². The molecule has 6 aromatic carbocycles. The van der Waals surface area contributed by atoms with Crippen molar-refractivity contribution >= 4 is 95.3 Å². The molecule has 38 heavy (non-hydrogen) atoms. The zero-order valence-corrected chi connectivity index (χ0v) is 24.4. The zero-order chi connectivity index (χ0) is 26.1. The van der Waals surface area contributed by atoms with Crippen molar-refractivity contribution in [2.45, 2.75) is 52.4 Å². The van der Waals surface area contributed by atoms with Gasteiger partial charge in [-0.2, -0.15) is 0 Å². The molecule has 0 fully saturated rings. The summed E-state index contributed by atoms with van der Waals surface area (Å²) in [7, 11) is 0. The summed E-state index contributed by atoms with van der Waals surface area (Å²) < 4.78 is 5.54. The predicted molar refractivity (Wildman–Crippen MR) is 173 cm³/mol. The second-order valence-electron chi connectivity index (χ2n) is 13.0. The topological polar surface area (TPSA) is 0 Å². The summed E-state index contributed by atoms with van der Waals surface area (Å²) >= 11 is 3.88. The van der Waals surface area contributed by atoms with Gasteiger partial charge < -0.3 is 0 Å². The average Bonchev–Trinajstić information content (AvgIpc) is 3.42. The molecule has 0 unspecified atom stereocenters. The van der Waals surface area contributed by atoms with E-state index in [2.05, 4.69) is 114 Å². The van der Waals surface area contributed by atoms with E-state index in [1.807, 2.05) is 22.7 Å². The van der Waals surface area contributed by atoms with Gasteiger partial charge in [0.05, 0.1) is 0 Å². The fourth-order valence-corrected chi connectivity index (χ4v) is 9.10. The predicted octanol–water partition coefficient (Wildman–Crippen LogP) is 11.9. The highest BCUT2D eigenvalue weighted by molar-refractivity contribution is 7.26. The molecule has 186 valence electrons. The Morgan fingerprint density at radius 1 is 0.395 bits per heavy atom. The monoisotopic (exact) mass is 526 g/mol. The summed E-state index contributed by atoms with van der Waals surface area (Å²) in [4.78, 5) is 0. The molecule has 0 N–H and O–H groups in total. The van der Waals surface area contributed by atoms with Gasteiger partial charge in [0.25, 0.3) is 0 Å². The molecule has 0 aliphatic rings. The molecular formula is C36H30S2. The van der Waals surface area contributed by atoms with Crippen LogP contribution in [-0.4, -0.2) is 0 Å². The van der Waals surface area contributed by atoms with Crippen molar-refractivity contribution in [3.63, 3.8) is 0 Å². The summed E-state index contributed by atoms with van der Waals surface area (Å²) in [5, 5.41) is 14.2. The van der Waals surface area contributed by atoms with E-state index < -0.39 is 0 Å². The van der Waals surface area contributed by atoms with Gasteiger partial charge in [-0.15, -0.1) is 22.7 Å². The van der Waals surface area contributed by atoms with E-state index in [-0.39, 0.29) is 10.8 Å². The van der Waals surface area contributed by atoms with Crippen LogP contribution < -0.4 is 0 Å². The van der Waals surface area contributed by atoms with Gasteiger partial charge in [0.1, 0.15) is 0 Å². The van der Waals surface area contributed by atoms with E-state index in [1.54, 1.807) is 0 Å². The molecule has 0 radical (unpaired) electrons. The van der Waals surface area contributed by atoms with Gasteiger partial charge in [-0.3, -0.25) is 0 Å². The first-order valence-corrected chi connectivity index (χ1v) is 15.2. The fraction of sp³-hybridized carbons (Fsp3) is 0.222. The first-order valence-electron chi connectivity index (χ1n) is 13.5. The average molecular weight is 527 g/mol. The van der Waals surface area contributed by atoms with Crippen LogP contribution in [0.1, 0.15) is 52.7 Å². The molecule has 0 saturated carbocycles. The Hall–Kier alpha value is -3.20. The Morgan fingerprint density at radius 3 is 1.18 bits per heavy atom. The third-order valence-corrected chi connectivity index (χ3v) is 10.7. The van der Waals surface area contributed by atoms with Crippen LogP contribution in [0.3, 0.4) is 0 Å². The second-order valence-corrected chi connectivity index (χ2v) is 15.2. The summed E-state index contributed by atoms with van der Waals surface area (Å²) in [6.07, 6.45) is 0. The number of benzene rings is 6. The van der Waals surface area contributed by atoms with E-state index in [1.165, 1.54) is 83.8 Å². The maximum Gasteiger partial charge on any atom is 0.0367 e. The van der Waals surface area contributed by atoms with E-state index in [9.17, 15) is 0 Å². The van der Waals surface area contributed by atoms with E-state index >= 15 is 0 Å². The highest BCUT2D eigenvalue weighted by atomic mass is 32.1. The molecule has 2 aromatic heterocycles. The molecule has 0 bridgehead atoms. The van der Waals surface area contributed by atoms with Crippen molar-refractivity contribution in [1.82, 2.24) is 0 Å². The van der Waals surface area contributed by atoms with Gasteiger partial charge in [-0.05, 0) is 90.7 Å². The molecule has 0 aliphatic heterocycles. The van der Waals surface area contributed by atoms with Gasteiger partial charge in [0, 0.05) is 40.3 Å². The Kier molecular flexibility index (Phi) is 4.34. The molecule has 0 aliphatic carbocycles. The number of thiophene rings is 2. The quantitative estimate of drug-likeness (QED) is 0.172. The maximum atomic E-state index is 2.55. The molecule has 8 aromatic rings. The lowest BCUT2D eigenvalue weighted by Crippen LogP contribution is -2.14. The first-order chi connectivity index (χ1) is 18.1. The lowest BCUT2D eigenvalue weighted by molar-refractivity contribution is 0.595. The molecule has 0 saturated heterocycles. The molecule has 2 heteroatoms. The van der Waals surface area contributed by atoms with Crippen molar-refractivity contribution in [3.05, 3.63) is 83.9 Å². The molecule has 0 amide bonds. The Balaban J connectivity index is 1.77. The van der Waals surface area contributed by atoms with Gasteiger partial charge in [0.2, 0.25) is 0 Å². The van der Waals surface area contributed by atoms with Crippen molar-refractivity contribution in [3.8, 4) is 0 Å². The molecular weight excluding hydrogens is 497 g/mol. The first kappa shape index (κ1) is 22.8. The minimum Gasteiger partial charge on any atom is -0.135 e. The van der Waals surface area contributed by atoms with Crippen molar-refractivity contribution in [2.24, 2.45) is 0 Å². The van der Waals surface area contributed by atoms with Crippen LogP contribution in [-0.2, 0) is 10.8 Å². The summed E-state index contributed by atoms with van der Waals surface area (Å²) in [5.74, 6) is 0. The highest BCUT2D eigenvalue weighted by Gasteiger charge is 2.28. The third-order valence-electron chi connectivity index (χ3n) is 8.44. The maximum absolute atomic E-state index is 2.55. The molecule has 0 atom stereocenters. The Bertz CT molecular complexity index is 2080. The smallest absolute Gasteiger partial charge is 0.0367 e. The number of fused-ring (bicyclic) bond motifs is 8. The molecule has 0 nitrogen and oxygen atoms in total. The minimum absolute atomic E-state index is 0.0258. The van der Waals surface area contributed by atoms with Gasteiger partial charge >= 0.3 is 0 Å². The van der Waals surface area contributed by atoms with E-state index in [0.717, 1.165) is 0 Å². The lowest BCUT2D eigenvalue weighted by atomic mass is 9.76. The summed E-state index contributed by atoms with van der Waals surface area (Å²) in [6, 6.07) is 28.0. The normalized spacial score (nSPS) is 13.5. The van der Waals surface area contributed by atoms with Crippen molar-refractivity contribution < 1.29 is 0 Å².